The van der Waals surface area contributed by atoms with Gasteiger partial charge in [-0.3, -0.25) is 14.4 Å². The van der Waals surface area contributed by atoms with Crippen LogP contribution in [0.15, 0.2) is 30.3 Å². The Morgan fingerprint density at radius 1 is 1.00 bits per heavy atom. The molecule has 0 unspecified atom stereocenters. The van der Waals surface area contributed by atoms with E-state index in [0.717, 1.165) is 10.5 Å². The van der Waals surface area contributed by atoms with Crippen molar-refractivity contribution < 1.29 is 28.7 Å². The van der Waals surface area contributed by atoms with Gasteiger partial charge in [0.05, 0.1) is 6.54 Å². The van der Waals surface area contributed by atoms with Crippen molar-refractivity contribution >= 4 is 23.9 Å². The Morgan fingerprint density at radius 3 is 2.25 bits per heavy atom. The zero-order chi connectivity index (χ0) is 21.2. The molecule has 0 radical (unpaired) electrons. The van der Waals surface area contributed by atoms with E-state index in [1.807, 2.05) is 30.3 Å². The first kappa shape index (κ1) is 22.9. The summed E-state index contributed by atoms with van der Waals surface area (Å²) < 4.78 is 10.1. The first-order valence-corrected chi connectivity index (χ1v) is 8.74. The molecule has 1 aromatic carbocycles. The van der Waals surface area contributed by atoms with Gasteiger partial charge in [0.15, 0.2) is 0 Å². The molecule has 9 nitrogen and oxygen atoms in total. The summed E-state index contributed by atoms with van der Waals surface area (Å²) in [5.41, 5.74) is 0.170. The fourth-order valence-electron chi connectivity index (χ4n) is 1.90. The number of amides is 3. The highest BCUT2D eigenvalue weighted by Crippen LogP contribution is 2.06. The van der Waals surface area contributed by atoms with Crippen LogP contribution >= 0.6 is 0 Å². The SMILES string of the molecule is CN(CC(=O)OCc1ccccc1)C(=O)CNC(=O)CNC(=O)OC(C)(C)C. The van der Waals surface area contributed by atoms with Crippen molar-refractivity contribution in [2.75, 3.05) is 26.7 Å². The third-order valence-corrected chi connectivity index (χ3v) is 3.26. The molecule has 154 valence electrons. The van der Waals surface area contributed by atoms with E-state index in [9.17, 15) is 19.2 Å². The summed E-state index contributed by atoms with van der Waals surface area (Å²) in [6.07, 6.45) is -0.729. The van der Waals surface area contributed by atoms with Gasteiger partial charge in [-0.05, 0) is 26.3 Å². The standard InChI is InChI=1S/C19H27N3O6/c1-19(2,3)28-18(26)21-10-15(23)20-11-16(24)22(4)12-17(25)27-13-14-8-6-5-7-9-14/h5-9H,10-13H2,1-4H3,(H,20,23)(H,21,26). The van der Waals surface area contributed by atoms with Gasteiger partial charge in [-0.15, -0.1) is 0 Å². The van der Waals surface area contributed by atoms with Gasteiger partial charge in [0.2, 0.25) is 11.8 Å². The molecule has 2 N–H and O–H groups in total. The predicted octanol–water partition coefficient (Wildman–Crippen LogP) is 0.829. The van der Waals surface area contributed by atoms with E-state index in [-0.39, 0.29) is 26.2 Å². The molecule has 1 rings (SSSR count). The van der Waals surface area contributed by atoms with E-state index < -0.39 is 29.5 Å². The van der Waals surface area contributed by atoms with Crippen LogP contribution in [0.4, 0.5) is 4.79 Å². The Kier molecular flexibility index (Phi) is 8.94. The monoisotopic (exact) mass is 393 g/mol. The van der Waals surface area contributed by atoms with Crippen molar-refractivity contribution in [3.63, 3.8) is 0 Å². The number of nitrogens with zero attached hydrogens (tertiary/aromatic N) is 1. The minimum atomic E-state index is -0.729. The fourth-order valence-corrected chi connectivity index (χ4v) is 1.90. The number of benzene rings is 1. The maximum absolute atomic E-state index is 12.0. The zero-order valence-electron chi connectivity index (χ0n) is 16.6. The van der Waals surface area contributed by atoms with Crippen LogP contribution in [-0.2, 0) is 30.5 Å². The van der Waals surface area contributed by atoms with Crippen LogP contribution in [-0.4, -0.2) is 61.1 Å². The van der Waals surface area contributed by atoms with Crippen molar-refractivity contribution in [3.05, 3.63) is 35.9 Å². The molecule has 9 heteroatoms. The smallest absolute Gasteiger partial charge is 0.408 e. The lowest BCUT2D eigenvalue weighted by atomic mass is 10.2. The molecule has 0 saturated heterocycles. The van der Waals surface area contributed by atoms with E-state index in [1.54, 1.807) is 20.8 Å². The predicted molar refractivity (Wildman–Crippen MR) is 101 cm³/mol. The van der Waals surface area contributed by atoms with Gasteiger partial charge in [0.1, 0.15) is 25.3 Å². The summed E-state index contributed by atoms with van der Waals surface area (Å²) in [5, 5.41) is 4.64. The maximum Gasteiger partial charge on any atom is 0.408 e. The second kappa shape index (κ2) is 10.9. The third kappa shape index (κ3) is 10.1. The summed E-state index contributed by atoms with van der Waals surface area (Å²) in [5.74, 6) is -1.58. The minimum absolute atomic E-state index is 0.120. The number of likely N-dealkylation sites (N-methyl/N-ethyl adjacent to an activating group) is 1. The minimum Gasteiger partial charge on any atom is -0.459 e. The Labute approximate surface area is 164 Å². The van der Waals surface area contributed by atoms with E-state index in [4.69, 9.17) is 9.47 Å². The van der Waals surface area contributed by atoms with Gasteiger partial charge >= 0.3 is 12.1 Å². The Bertz CT molecular complexity index is 685. The molecule has 0 bridgehead atoms. The molecule has 0 aliphatic carbocycles. The molecule has 28 heavy (non-hydrogen) atoms. The van der Waals surface area contributed by atoms with Crippen LogP contribution in [0, 0.1) is 0 Å². The van der Waals surface area contributed by atoms with Gasteiger partial charge in [0.25, 0.3) is 0 Å². The molecule has 0 spiro atoms. The molecule has 1 aromatic rings. The van der Waals surface area contributed by atoms with Gasteiger partial charge in [-0.2, -0.15) is 0 Å². The Balaban J connectivity index is 2.25. The molecule has 0 heterocycles. The molecule has 0 atom stereocenters. The summed E-state index contributed by atoms with van der Waals surface area (Å²) in [6, 6.07) is 9.17. The Hall–Kier alpha value is -3.10. The summed E-state index contributed by atoms with van der Waals surface area (Å²) in [7, 11) is 1.43. The average molecular weight is 393 g/mol. The molecule has 0 fully saturated rings. The van der Waals surface area contributed by atoms with Crippen LogP contribution in [0.5, 0.6) is 0 Å². The number of nitrogens with one attached hydrogen (secondary N) is 2. The molecule has 0 aromatic heterocycles. The van der Waals surface area contributed by atoms with Crippen LogP contribution in [0.3, 0.4) is 0 Å². The first-order valence-electron chi connectivity index (χ1n) is 8.74. The number of carbonyl (C=O) groups excluding carboxylic acids is 4. The lowest BCUT2D eigenvalue weighted by Gasteiger charge is -2.19. The maximum atomic E-state index is 12.0. The number of carbonyl (C=O) groups is 4. The largest absolute Gasteiger partial charge is 0.459 e. The molecule has 3 amide bonds. The Morgan fingerprint density at radius 2 is 1.64 bits per heavy atom. The van der Waals surface area contributed by atoms with Crippen molar-refractivity contribution in [3.8, 4) is 0 Å². The molecular formula is C19H27N3O6. The summed E-state index contributed by atoms with van der Waals surface area (Å²) in [6.45, 7) is 4.35. The lowest BCUT2D eigenvalue weighted by Crippen LogP contribution is -2.44. The topological polar surface area (TPSA) is 114 Å². The van der Waals surface area contributed by atoms with Crippen LogP contribution in [0.25, 0.3) is 0 Å². The first-order chi connectivity index (χ1) is 13.1. The number of ether oxygens (including phenoxy) is 2. The van der Waals surface area contributed by atoms with Crippen LogP contribution < -0.4 is 10.6 Å². The fraction of sp³-hybridized carbons (Fsp3) is 0.474. The van der Waals surface area contributed by atoms with E-state index in [2.05, 4.69) is 10.6 Å². The van der Waals surface area contributed by atoms with E-state index in [1.165, 1.54) is 7.05 Å². The van der Waals surface area contributed by atoms with Gasteiger partial charge in [0, 0.05) is 7.05 Å². The number of alkyl carbamates (subject to hydrolysis) is 1. The summed E-state index contributed by atoms with van der Waals surface area (Å²) >= 11 is 0. The number of hydrogen-bond acceptors (Lipinski definition) is 6. The number of esters is 1. The highest BCUT2D eigenvalue weighted by atomic mass is 16.6. The number of hydrogen-bond donors (Lipinski definition) is 2. The molecule has 0 aliphatic rings. The van der Waals surface area contributed by atoms with Crippen LogP contribution in [0.1, 0.15) is 26.3 Å². The normalized spacial score (nSPS) is 10.6. The van der Waals surface area contributed by atoms with Gasteiger partial charge in [-0.25, -0.2) is 4.79 Å². The zero-order valence-corrected chi connectivity index (χ0v) is 16.6. The summed E-state index contributed by atoms with van der Waals surface area (Å²) in [4.78, 5) is 48.1. The second-order valence-electron chi connectivity index (χ2n) is 7.03. The van der Waals surface area contributed by atoms with Crippen molar-refractivity contribution in [1.82, 2.24) is 15.5 Å². The molecule has 0 saturated carbocycles. The highest BCUT2D eigenvalue weighted by molar-refractivity contribution is 5.88. The second-order valence-corrected chi connectivity index (χ2v) is 7.03. The highest BCUT2D eigenvalue weighted by Gasteiger charge is 2.18. The van der Waals surface area contributed by atoms with Gasteiger partial charge < -0.3 is 25.0 Å². The lowest BCUT2D eigenvalue weighted by molar-refractivity contribution is -0.149. The molecular weight excluding hydrogens is 366 g/mol. The van der Waals surface area contributed by atoms with E-state index >= 15 is 0 Å². The van der Waals surface area contributed by atoms with Gasteiger partial charge in [-0.1, -0.05) is 30.3 Å². The van der Waals surface area contributed by atoms with Crippen molar-refractivity contribution in [2.24, 2.45) is 0 Å². The van der Waals surface area contributed by atoms with Crippen molar-refractivity contribution in [1.29, 1.82) is 0 Å². The van der Waals surface area contributed by atoms with Crippen molar-refractivity contribution in [2.45, 2.75) is 33.0 Å². The van der Waals surface area contributed by atoms with E-state index in [0.29, 0.717) is 0 Å². The number of rotatable bonds is 8. The van der Waals surface area contributed by atoms with Crippen LogP contribution in [0.2, 0.25) is 0 Å². The quantitative estimate of drug-likeness (QED) is 0.633. The average Bonchev–Trinajstić information content (AvgIpc) is 2.62. The molecule has 0 aliphatic heterocycles. The third-order valence-electron chi connectivity index (χ3n) is 3.26.